The van der Waals surface area contributed by atoms with E-state index in [2.05, 4.69) is 5.32 Å². The van der Waals surface area contributed by atoms with E-state index in [-0.39, 0.29) is 5.92 Å². The lowest BCUT2D eigenvalue weighted by molar-refractivity contribution is -0.142. The van der Waals surface area contributed by atoms with Crippen LogP contribution in [0.5, 0.6) is 0 Å². The van der Waals surface area contributed by atoms with Gasteiger partial charge in [-0.25, -0.2) is 4.79 Å². The SMILES string of the molecule is CCC(C)C(NC=O)C(=O)O. The highest BCUT2D eigenvalue weighted by atomic mass is 16.4. The second-order valence-corrected chi connectivity index (χ2v) is 2.49. The Kier molecular flexibility index (Phi) is 4.26. The fraction of sp³-hybridized carbons (Fsp3) is 0.714. The summed E-state index contributed by atoms with van der Waals surface area (Å²) in [6.45, 7) is 3.67. The third-order valence-corrected chi connectivity index (χ3v) is 1.73. The first-order chi connectivity index (χ1) is 5.13. The fourth-order valence-corrected chi connectivity index (χ4v) is 0.788. The first-order valence-electron chi connectivity index (χ1n) is 3.56. The predicted octanol–water partition coefficient (Wildman–Crippen LogP) is 0.232. The van der Waals surface area contributed by atoms with Gasteiger partial charge in [0.2, 0.25) is 6.41 Å². The molecule has 0 saturated carbocycles. The smallest absolute Gasteiger partial charge is 0.326 e. The van der Waals surface area contributed by atoms with Gasteiger partial charge in [0.1, 0.15) is 6.04 Å². The molecule has 0 heterocycles. The molecule has 1 amide bonds. The third-order valence-electron chi connectivity index (χ3n) is 1.73. The summed E-state index contributed by atoms with van der Waals surface area (Å²) in [5, 5.41) is 10.8. The molecule has 0 aliphatic heterocycles. The Morgan fingerprint density at radius 2 is 2.27 bits per heavy atom. The van der Waals surface area contributed by atoms with Crippen molar-refractivity contribution in [3.8, 4) is 0 Å². The molecule has 0 aromatic heterocycles. The van der Waals surface area contributed by atoms with Crippen LogP contribution in [0.15, 0.2) is 0 Å². The molecule has 0 fully saturated rings. The highest BCUT2D eigenvalue weighted by Gasteiger charge is 2.21. The lowest BCUT2D eigenvalue weighted by Crippen LogP contribution is -2.40. The molecule has 4 heteroatoms. The van der Waals surface area contributed by atoms with Gasteiger partial charge in [0.25, 0.3) is 0 Å². The van der Waals surface area contributed by atoms with Crippen molar-refractivity contribution >= 4 is 12.4 Å². The van der Waals surface area contributed by atoms with Gasteiger partial charge in [0.15, 0.2) is 0 Å². The number of amides is 1. The number of carboxylic acids is 1. The van der Waals surface area contributed by atoms with Crippen molar-refractivity contribution < 1.29 is 14.7 Å². The number of nitrogens with one attached hydrogen (secondary N) is 1. The number of carboxylic acid groups (broad SMARTS) is 1. The Bertz CT molecular complexity index is 147. The van der Waals surface area contributed by atoms with E-state index in [1.54, 1.807) is 6.92 Å². The molecule has 0 saturated heterocycles. The molecule has 0 aliphatic carbocycles. The Morgan fingerprint density at radius 3 is 2.55 bits per heavy atom. The van der Waals surface area contributed by atoms with E-state index in [0.29, 0.717) is 6.41 Å². The summed E-state index contributed by atoms with van der Waals surface area (Å²) in [4.78, 5) is 20.4. The summed E-state index contributed by atoms with van der Waals surface area (Å²) in [5.74, 6) is -1.01. The van der Waals surface area contributed by atoms with Crippen LogP contribution < -0.4 is 5.32 Å². The minimum atomic E-state index is -0.980. The fourth-order valence-electron chi connectivity index (χ4n) is 0.788. The molecule has 0 radical (unpaired) electrons. The largest absolute Gasteiger partial charge is 0.480 e. The Balaban J connectivity index is 4.08. The van der Waals surface area contributed by atoms with E-state index in [9.17, 15) is 9.59 Å². The van der Waals surface area contributed by atoms with E-state index in [4.69, 9.17) is 5.11 Å². The lowest BCUT2D eigenvalue weighted by atomic mass is 10.00. The van der Waals surface area contributed by atoms with Crippen molar-refractivity contribution in [1.82, 2.24) is 5.32 Å². The zero-order valence-electron chi connectivity index (χ0n) is 6.70. The maximum atomic E-state index is 10.5. The molecule has 0 spiro atoms. The van der Waals surface area contributed by atoms with Gasteiger partial charge in [-0.3, -0.25) is 4.79 Å². The van der Waals surface area contributed by atoms with Gasteiger partial charge in [0, 0.05) is 0 Å². The molecular weight excluding hydrogens is 146 g/mol. The van der Waals surface area contributed by atoms with E-state index in [0.717, 1.165) is 6.42 Å². The van der Waals surface area contributed by atoms with Crippen LogP contribution in [0.25, 0.3) is 0 Å². The average molecular weight is 159 g/mol. The van der Waals surface area contributed by atoms with Gasteiger partial charge >= 0.3 is 5.97 Å². The monoisotopic (exact) mass is 159 g/mol. The average Bonchev–Trinajstić information content (AvgIpc) is 1.98. The van der Waals surface area contributed by atoms with E-state index >= 15 is 0 Å². The molecule has 2 atom stereocenters. The third kappa shape index (κ3) is 3.02. The van der Waals surface area contributed by atoms with Crippen molar-refractivity contribution in [3.05, 3.63) is 0 Å². The first kappa shape index (κ1) is 9.94. The van der Waals surface area contributed by atoms with Gasteiger partial charge < -0.3 is 10.4 Å². The quantitative estimate of drug-likeness (QED) is 0.564. The van der Waals surface area contributed by atoms with Gasteiger partial charge in [-0.1, -0.05) is 20.3 Å². The van der Waals surface area contributed by atoms with E-state index in [1.807, 2.05) is 6.92 Å². The topological polar surface area (TPSA) is 66.4 Å². The van der Waals surface area contributed by atoms with Crippen LogP contribution in [0.4, 0.5) is 0 Å². The van der Waals surface area contributed by atoms with Crippen LogP contribution in [-0.4, -0.2) is 23.5 Å². The highest BCUT2D eigenvalue weighted by molar-refractivity contribution is 5.76. The minimum Gasteiger partial charge on any atom is -0.480 e. The molecule has 64 valence electrons. The lowest BCUT2D eigenvalue weighted by Gasteiger charge is -2.16. The first-order valence-corrected chi connectivity index (χ1v) is 3.56. The van der Waals surface area contributed by atoms with Crippen LogP contribution in [-0.2, 0) is 9.59 Å². The second kappa shape index (κ2) is 4.71. The molecule has 2 N–H and O–H groups in total. The molecule has 4 nitrogen and oxygen atoms in total. The number of rotatable bonds is 5. The van der Waals surface area contributed by atoms with Crippen molar-refractivity contribution in [3.63, 3.8) is 0 Å². The Labute approximate surface area is 65.6 Å². The maximum absolute atomic E-state index is 10.5. The van der Waals surface area contributed by atoms with Gasteiger partial charge in [-0.2, -0.15) is 0 Å². The van der Waals surface area contributed by atoms with Crippen molar-refractivity contribution in [2.75, 3.05) is 0 Å². The summed E-state index contributed by atoms with van der Waals surface area (Å²) in [5.41, 5.74) is 0. The number of carbonyl (C=O) groups is 2. The summed E-state index contributed by atoms with van der Waals surface area (Å²) < 4.78 is 0. The zero-order chi connectivity index (χ0) is 8.85. The van der Waals surface area contributed by atoms with Gasteiger partial charge in [-0.05, 0) is 5.92 Å². The normalized spacial score (nSPS) is 15.1. The minimum absolute atomic E-state index is 0.0299. The summed E-state index contributed by atoms with van der Waals surface area (Å²) in [6, 6.07) is -0.752. The van der Waals surface area contributed by atoms with Crippen LogP contribution in [0.3, 0.4) is 0 Å². The standard InChI is InChI=1S/C7H13NO3/c1-3-5(2)6(7(10)11)8-4-9/h4-6H,3H2,1-2H3,(H,8,9)(H,10,11). The number of hydrogen-bond acceptors (Lipinski definition) is 2. The van der Waals surface area contributed by atoms with Crippen LogP contribution in [0.1, 0.15) is 20.3 Å². The van der Waals surface area contributed by atoms with Crippen LogP contribution in [0.2, 0.25) is 0 Å². The summed E-state index contributed by atoms with van der Waals surface area (Å²) in [6.07, 6.45) is 1.16. The predicted molar refractivity (Wildman–Crippen MR) is 40.1 cm³/mol. The molecule has 2 unspecified atom stereocenters. The van der Waals surface area contributed by atoms with Gasteiger partial charge in [0.05, 0.1) is 0 Å². The van der Waals surface area contributed by atoms with Gasteiger partial charge in [-0.15, -0.1) is 0 Å². The molecule has 0 aromatic rings. The van der Waals surface area contributed by atoms with E-state index < -0.39 is 12.0 Å². The van der Waals surface area contributed by atoms with Crippen molar-refractivity contribution in [1.29, 1.82) is 0 Å². The Morgan fingerprint density at radius 1 is 1.73 bits per heavy atom. The molecule has 0 bridgehead atoms. The summed E-state index contributed by atoms with van der Waals surface area (Å²) >= 11 is 0. The number of aliphatic carboxylic acids is 1. The van der Waals surface area contributed by atoms with Crippen LogP contribution in [0, 0.1) is 5.92 Å². The molecule has 0 rings (SSSR count). The second-order valence-electron chi connectivity index (χ2n) is 2.49. The van der Waals surface area contributed by atoms with Crippen molar-refractivity contribution in [2.45, 2.75) is 26.3 Å². The Hall–Kier alpha value is -1.06. The van der Waals surface area contributed by atoms with Crippen LogP contribution >= 0.6 is 0 Å². The number of carbonyl (C=O) groups excluding carboxylic acids is 1. The zero-order valence-corrected chi connectivity index (χ0v) is 6.70. The molecule has 11 heavy (non-hydrogen) atoms. The summed E-state index contributed by atoms with van der Waals surface area (Å²) in [7, 11) is 0. The van der Waals surface area contributed by atoms with Crippen molar-refractivity contribution in [2.24, 2.45) is 5.92 Å². The number of hydrogen-bond donors (Lipinski definition) is 2. The molecular formula is C7H13NO3. The molecule has 0 aliphatic rings. The van der Waals surface area contributed by atoms with E-state index in [1.165, 1.54) is 0 Å². The molecule has 0 aromatic carbocycles. The maximum Gasteiger partial charge on any atom is 0.326 e. The highest BCUT2D eigenvalue weighted by Crippen LogP contribution is 2.06.